The van der Waals surface area contributed by atoms with Crippen LogP contribution in [0.5, 0.6) is 0 Å². The van der Waals surface area contributed by atoms with Gasteiger partial charge >= 0.3 is 0 Å². The molecular formula is C10H21N3. The van der Waals surface area contributed by atoms with Gasteiger partial charge in [0.05, 0.1) is 0 Å². The van der Waals surface area contributed by atoms with E-state index in [4.69, 9.17) is 0 Å². The fraction of sp³-hybridized carbons (Fsp3) is 1.00. The van der Waals surface area contributed by atoms with Crippen LogP contribution in [0.15, 0.2) is 0 Å². The van der Waals surface area contributed by atoms with Gasteiger partial charge in [0.25, 0.3) is 0 Å². The van der Waals surface area contributed by atoms with E-state index < -0.39 is 0 Å². The van der Waals surface area contributed by atoms with Crippen molar-refractivity contribution in [3.8, 4) is 0 Å². The van der Waals surface area contributed by atoms with Gasteiger partial charge in [0.1, 0.15) is 0 Å². The Labute approximate surface area is 80.9 Å². The quantitative estimate of drug-likeness (QED) is 0.589. The first-order valence-corrected chi connectivity index (χ1v) is 5.52. The lowest BCUT2D eigenvalue weighted by Crippen LogP contribution is -2.36. The summed E-state index contributed by atoms with van der Waals surface area (Å²) in [6.45, 7) is 4.80. The molecule has 3 heteroatoms. The summed E-state index contributed by atoms with van der Waals surface area (Å²) in [5, 5.41) is 6.75. The standard InChI is InChI=1S/C10H21N3/c1-11-5-6-12-9-4-7-13(8-9)10-2-3-10/h9-12H,2-8H2,1H3. The van der Waals surface area contributed by atoms with Crippen LogP contribution >= 0.6 is 0 Å². The van der Waals surface area contributed by atoms with Gasteiger partial charge in [-0.15, -0.1) is 0 Å². The van der Waals surface area contributed by atoms with Crippen LogP contribution in [0.2, 0.25) is 0 Å². The minimum Gasteiger partial charge on any atom is -0.318 e. The minimum absolute atomic E-state index is 0.758. The number of likely N-dealkylation sites (N-methyl/N-ethyl adjacent to an activating group) is 1. The van der Waals surface area contributed by atoms with Crippen molar-refractivity contribution in [2.75, 3.05) is 33.2 Å². The average Bonchev–Trinajstić information content (AvgIpc) is 2.88. The molecule has 0 aromatic carbocycles. The Balaban J connectivity index is 1.60. The maximum absolute atomic E-state index is 3.59. The van der Waals surface area contributed by atoms with E-state index in [0.717, 1.165) is 25.2 Å². The summed E-state index contributed by atoms with van der Waals surface area (Å²) in [6, 6.07) is 1.71. The Morgan fingerprint density at radius 2 is 2.08 bits per heavy atom. The van der Waals surface area contributed by atoms with Crippen molar-refractivity contribution >= 4 is 0 Å². The molecule has 0 spiro atoms. The molecule has 2 aliphatic rings. The normalized spacial score (nSPS) is 29.8. The lowest BCUT2D eigenvalue weighted by Gasteiger charge is -2.15. The molecule has 0 aromatic rings. The second-order valence-electron chi connectivity index (χ2n) is 4.27. The minimum atomic E-state index is 0.758. The first-order chi connectivity index (χ1) is 6.40. The van der Waals surface area contributed by atoms with Gasteiger partial charge in [0, 0.05) is 38.3 Å². The molecular weight excluding hydrogens is 162 g/mol. The van der Waals surface area contributed by atoms with E-state index in [1.807, 2.05) is 7.05 Å². The highest BCUT2D eigenvalue weighted by Gasteiger charge is 2.33. The topological polar surface area (TPSA) is 27.3 Å². The molecule has 1 saturated heterocycles. The molecule has 1 aliphatic heterocycles. The highest BCUT2D eigenvalue weighted by atomic mass is 15.2. The Morgan fingerprint density at radius 3 is 2.77 bits per heavy atom. The van der Waals surface area contributed by atoms with Gasteiger partial charge in [0.2, 0.25) is 0 Å². The molecule has 2 rings (SSSR count). The van der Waals surface area contributed by atoms with E-state index in [1.54, 1.807) is 0 Å². The molecule has 1 aliphatic carbocycles. The van der Waals surface area contributed by atoms with E-state index >= 15 is 0 Å². The number of rotatable bonds is 5. The molecule has 2 fully saturated rings. The zero-order chi connectivity index (χ0) is 9.10. The first-order valence-electron chi connectivity index (χ1n) is 5.52. The molecule has 3 nitrogen and oxygen atoms in total. The summed E-state index contributed by atoms with van der Waals surface area (Å²) in [4.78, 5) is 2.65. The predicted molar refractivity (Wildman–Crippen MR) is 54.9 cm³/mol. The third kappa shape index (κ3) is 2.66. The van der Waals surface area contributed by atoms with E-state index in [0.29, 0.717) is 0 Å². The van der Waals surface area contributed by atoms with Gasteiger partial charge in [-0.1, -0.05) is 0 Å². The van der Waals surface area contributed by atoms with Crippen molar-refractivity contribution in [1.29, 1.82) is 0 Å². The van der Waals surface area contributed by atoms with Crippen LogP contribution in [0.4, 0.5) is 0 Å². The van der Waals surface area contributed by atoms with Crippen LogP contribution in [0.1, 0.15) is 19.3 Å². The summed E-state index contributed by atoms with van der Waals surface area (Å²) in [5.41, 5.74) is 0. The number of nitrogens with zero attached hydrogens (tertiary/aromatic N) is 1. The molecule has 1 atom stereocenters. The van der Waals surface area contributed by atoms with Crippen LogP contribution in [0.3, 0.4) is 0 Å². The Hall–Kier alpha value is -0.120. The summed E-state index contributed by atoms with van der Waals surface area (Å²) < 4.78 is 0. The number of nitrogens with one attached hydrogen (secondary N) is 2. The Bertz CT molecular complexity index is 156. The molecule has 2 N–H and O–H groups in total. The smallest absolute Gasteiger partial charge is 0.0207 e. The second kappa shape index (κ2) is 4.40. The lowest BCUT2D eigenvalue weighted by molar-refractivity contribution is 0.317. The van der Waals surface area contributed by atoms with Crippen molar-refractivity contribution < 1.29 is 0 Å². The number of hydrogen-bond acceptors (Lipinski definition) is 3. The molecule has 0 bridgehead atoms. The molecule has 0 amide bonds. The second-order valence-corrected chi connectivity index (χ2v) is 4.27. The monoisotopic (exact) mass is 183 g/mol. The van der Waals surface area contributed by atoms with Gasteiger partial charge in [-0.25, -0.2) is 0 Å². The molecule has 13 heavy (non-hydrogen) atoms. The number of hydrogen-bond donors (Lipinski definition) is 2. The summed E-state index contributed by atoms with van der Waals surface area (Å²) in [7, 11) is 2.01. The van der Waals surface area contributed by atoms with Crippen molar-refractivity contribution in [2.45, 2.75) is 31.3 Å². The summed E-state index contributed by atoms with van der Waals surface area (Å²) in [5.74, 6) is 0. The van der Waals surface area contributed by atoms with Crippen LogP contribution in [-0.2, 0) is 0 Å². The Kier molecular flexibility index (Phi) is 3.19. The van der Waals surface area contributed by atoms with Gasteiger partial charge in [-0.3, -0.25) is 4.90 Å². The van der Waals surface area contributed by atoms with Crippen LogP contribution in [-0.4, -0.2) is 50.2 Å². The molecule has 76 valence electrons. The summed E-state index contributed by atoms with van der Waals surface area (Å²) in [6.07, 6.45) is 4.24. The van der Waals surface area contributed by atoms with Crippen LogP contribution in [0.25, 0.3) is 0 Å². The average molecular weight is 183 g/mol. The third-order valence-corrected chi connectivity index (χ3v) is 3.09. The van der Waals surface area contributed by atoms with E-state index in [-0.39, 0.29) is 0 Å². The predicted octanol–water partition coefficient (Wildman–Crippen LogP) is 0.0321. The maximum Gasteiger partial charge on any atom is 0.0207 e. The first kappa shape index (κ1) is 9.44. The molecule has 1 saturated carbocycles. The SMILES string of the molecule is CNCCNC1CCN(C2CC2)C1. The molecule has 0 radical (unpaired) electrons. The van der Waals surface area contributed by atoms with Gasteiger partial charge in [-0.2, -0.15) is 0 Å². The van der Waals surface area contributed by atoms with Crippen molar-refractivity contribution in [3.63, 3.8) is 0 Å². The molecule has 0 aromatic heterocycles. The van der Waals surface area contributed by atoms with Crippen molar-refractivity contribution in [1.82, 2.24) is 15.5 Å². The van der Waals surface area contributed by atoms with Gasteiger partial charge in [-0.05, 0) is 26.3 Å². The van der Waals surface area contributed by atoms with E-state index in [2.05, 4.69) is 15.5 Å². The fourth-order valence-electron chi connectivity index (χ4n) is 2.13. The fourth-order valence-corrected chi connectivity index (χ4v) is 2.13. The van der Waals surface area contributed by atoms with E-state index in [9.17, 15) is 0 Å². The van der Waals surface area contributed by atoms with E-state index in [1.165, 1.54) is 32.4 Å². The van der Waals surface area contributed by atoms with Crippen LogP contribution in [0, 0.1) is 0 Å². The van der Waals surface area contributed by atoms with Crippen LogP contribution < -0.4 is 10.6 Å². The van der Waals surface area contributed by atoms with Crippen molar-refractivity contribution in [3.05, 3.63) is 0 Å². The van der Waals surface area contributed by atoms with Gasteiger partial charge < -0.3 is 10.6 Å². The molecule has 1 heterocycles. The lowest BCUT2D eigenvalue weighted by atomic mass is 10.2. The highest BCUT2D eigenvalue weighted by Crippen LogP contribution is 2.29. The maximum atomic E-state index is 3.59. The van der Waals surface area contributed by atoms with Crippen molar-refractivity contribution in [2.24, 2.45) is 0 Å². The zero-order valence-electron chi connectivity index (χ0n) is 8.55. The summed E-state index contributed by atoms with van der Waals surface area (Å²) >= 11 is 0. The Morgan fingerprint density at radius 1 is 1.23 bits per heavy atom. The van der Waals surface area contributed by atoms with Gasteiger partial charge in [0.15, 0.2) is 0 Å². The largest absolute Gasteiger partial charge is 0.318 e. The zero-order valence-corrected chi connectivity index (χ0v) is 8.55. The molecule has 1 unspecified atom stereocenters. The highest BCUT2D eigenvalue weighted by molar-refractivity contribution is 4.91. The third-order valence-electron chi connectivity index (χ3n) is 3.09. The number of likely N-dealkylation sites (tertiary alicyclic amines) is 1.